The monoisotopic (exact) mass is 311 g/mol. The van der Waals surface area contributed by atoms with Crippen LogP contribution in [0, 0.1) is 23.0 Å². The third kappa shape index (κ3) is 1.93. The summed E-state index contributed by atoms with van der Waals surface area (Å²) in [6.07, 6.45) is 0.462. The van der Waals surface area contributed by atoms with Gasteiger partial charge in [0.2, 0.25) is 0 Å². The Kier molecular flexibility index (Phi) is 3.26. The molecule has 0 saturated heterocycles. The largest absolute Gasteiger partial charge is 0.453 e. The molecule has 0 aliphatic rings. The second-order valence-electron chi connectivity index (χ2n) is 3.34. The maximum absolute atomic E-state index is 14.0. The van der Waals surface area contributed by atoms with Crippen LogP contribution in [0.15, 0.2) is 27.1 Å². The summed E-state index contributed by atoms with van der Waals surface area (Å²) in [6.45, 7) is 0. The SMILES string of the molecule is N#Cc1c(F)cc(Br)c(-c2ccc(C=O)o2)c1F. The van der Waals surface area contributed by atoms with Crippen molar-refractivity contribution in [3.8, 4) is 17.4 Å². The van der Waals surface area contributed by atoms with Gasteiger partial charge in [0.1, 0.15) is 23.2 Å². The summed E-state index contributed by atoms with van der Waals surface area (Å²) in [5.74, 6) is -1.94. The van der Waals surface area contributed by atoms with Crippen LogP contribution in [0.5, 0.6) is 0 Å². The van der Waals surface area contributed by atoms with Gasteiger partial charge in [-0.05, 0) is 34.1 Å². The van der Waals surface area contributed by atoms with Crippen LogP contribution in [0.3, 0.4) is 0 Å². The average molecular weight is 312 g/mol. The van der Waals surface area contributed by atoms with E-state index in [4.69, 9.17) is 9.68 Å². The van der Waals surface area contributed by atoms with Gasteiger partial charge in [-0.15, -0.1) is 0 Å². The van der Waals surface area contributed by atoms with E-state index in [1.54, 1.807) is 0 Å². The number of hydrogen-bond donors (Lipinski definition) is 0. The van der Waals surface area contributed by atoms with Gasteiger partial charge >= 0.3 is 0 Å². The molecule has 0 N–H and O–H groups in total. The molecule has 0 saturated carbocycles. The lowest BCUT2D eigenvalue weighted by Crippen LogP contribution is -1.95. The molecule has 18 heavy (non-hydrogen) atoms. The molecule has 0 spiro atoms. The van der Waals surface area contributed by atoms with Gasteiger partial charge in [0.05, 0.1) is 5.56 Å². The van der Waals surface area contributed by atoms with Gasteiger partial charge in [0, 0.05) is 4.47 Å². The van der Waals surface area contributed by atoms with Crippen molar-refractivity contribution in [1.29, 1.82) is 5.26 Å². The normalized spacial score (nSPS) is 10.1. The molecule has 2 aromatic rings. The molecule has 0 fully saturated rings. The molecule has 0 radical (unpaired) electrons. The lowest BCUT2D eigenvalue weighted by molar-refractivity contribution is 0.110. The van der Waals surface area contributed by atoms with Crippen molar-refractivity contribution >= 4 is 22.2 Å². The zero-order chi connectivity index (χ0) is 13.3. The zero-order valence-electron chi connectivity index (χ0n) is 8.71. The summed E-state index contributed by atoms with van der Waals surface area (Å²) in [5.41, 5.74) is -0.793. The van der Waals surface area contributed by atoms with Crippen LogP contribution in [-0.2, 0) is 0 Å². The fraction of sp³-hybridized carbons (Fsp3) is 0. The standard InChI is InChI=1S/C12H4BrF2NO2/c13-8-3-9(14)7(4-16)12(15)11(8)10-2-1-6(5-17)18-10/h1-3,5H. The van der Waals surface area contributed by atoms with Gasteiger partial charge < -0.3 is 4.42 Å². The third-order valence-corrected chi connectivity index (χ3v) is 2.90. The molecule has 1 aromatic heterocycles. The minimum absolute atomic E-state index is 0.0131. The van der Waals surface area contributed by atoms with Gasteiger partial charge in [-0.2, -0.15) is 5.26 Å². The van der Waals surface area contributed by atoms with Crippen molar-refractivity contribution < 1.29 is 18.0 Å². The van der Waals surface area contributed by atoms with Crippen LogP contribution in [0.4, 0.5) is 8.78 Å². The Bertz CT molecular complexity index is 673. The molecule has 0 unspecified atom stereocenters. The molecule has 1 aromatic carbocycles. The first-order valence-corrected chi connectivity index (χ1v) is 5.50. The number of aldehydes is 1. The van der Waals surface area contributed by atoms with E-state index in [1.165, 1.54) is 18.2 Å². The number of nitrogens with zero attached hydrogens (tertiary/aromatic N) is 1. The van der Waals surface area contributed by atoms with Gasteiger partial charge in [0.25, 0.3) is 0 Å². The van der Waals surface area contributed by atoms with E-state index in [2.05, 4.69) is 15.9 Å². The van der Waals surface area contributed by atoms with Gasteiger partial charge in [-0.25, -0.2) is 8.78 Å². The van der Waals surface area contributed by atoms with Crippen molar-refractivity contribution in [3.05, 3.63) is 45.6 Å². The first-order chi connectivity index (χ1) is 8.58. The fourth-order valence-electron chi connectivity index (χ4n) is 1.47. The van der Waals surface area contributed by atoms with Crippen LogP contribution in [0.2, 0.25) is 0 Å². The number of hydrogen-bond acceptors (Lipinski definition) is 3. The van der Waals surface area contributed by atoms with Crippen molar-refractivity contribution in [3.63, 3.8) is 0 Å². The Morgan fingerprint density at radius 2 is 2.11 bits per heavy atom. The highest BCUT2D eigenvalue weighted by molar-refractivity contribution is 9.10. The maximum Gasteiger partial charge on any atom is 0.185 e. The minimum Gasteiger partial charge on any atom is -0.453 e. The maximum atomic E-state index is 14.0. The van der Waals surface area contributed by atoms with Crippen LogP contribution < -0.4 is 0 Å². The average Bonchev–Trinajstić information content (AvgIpc) is 2.77. The lowest BCUT2D eigenvalue weighted by Gasteiger charge is -2.05. The topological polar surface area (TPSA) is 54.0 Å². The molecule has 90 valence electrons. The molecular formula is C12H4BrF2NO2. The summed E-state index contributed by atoms with van der Waals surface area (Å²) in [7, 11) is 0. The van der Waals surface area contributed by atoms with Crippen LogP contribution in [-0.4, -0.2) is 6.29 Å². The Hall–Kier alpha value is -2.00. The number of carbonyl (C=O) groups is 1. The molecule has 6 heteroatoms. The number of carbonyl (C=O) groups excluding carboxylic acids is 1. The van der Waals surface area contributed by atoms with Crippen LogP contribution in [0.25, 0.3) is 11.3 Å². The molecular weight excluding hydrogens is 308 g/mol. The number of nitriles is 1. The Labute approximate surface area is 109 Å². The highest BCUT2D eigenvalue weighted by Gasteiger charge is 2.20. The van der Waals surface area contributed by atoms with Crippen LogP contribution >= 0.6 is 15.9 Å². The minimum atomic E-state index is -1.03. The van der Waals surface area contributed by atoms with E-state index in [0.29, 0.717) is 6.29 Å². The molecule has 0 atom stereocenters. The Balaban J connectivity index is 2.71. The first-order valence-electron chi connectivity index (χ1n) is 4.71. The summed E-state index contributed by atoms with van der Waals surface area (Å²) in [6, 6.07) is 5.13. The molecule has 3 nitrogen and oxygen atoms in total. The van der Waals surface area contributed by atoms with E-state index in [-0.39, 0.29) is 21.6 Å². The molecule has 1 heterocycles. The lowest BCUT2D eigenvalue weighted by atomic mass is 10.1. The summed E-state index contributed by atoms with van der Waals surface area (Å²) in [4.78, 5) is 10.5. The molecule has 0 aliphatic carbocycles. The summed E-state index contributed by atoms with van der Waals surface area (Å²) in [5, 5.41) is 8.68. The second-order valence-corrected chi connectivity index (χ2v) is 4.19. The summed E-state index contributed by atoms with van der Waals surface area (Å²) < 4.78 is 32.4. The van der Waals surface area contributed by atoms with Crippen molar-refractivity contribution in [2.75, 3.05) is 0 Å². The first kappa shape index (κ1) is 12.5. The van der Waals surface area contributed by atoms with E-state index in [0.717, 1.165) is 6.07 Å². The number of halogens is 3. The van der Waals surface area contributed by atoms with Gasteiger partial charge in [0.15, 0.2) is 17.9 Å². The third-order valence-electron chi connectivity index (χ3n) is 2.27. The van der Waals surface area contributed by atoms with Gasteiger partial charge in [-0.3, -0.25) is 4.79 Å². The van der Waals surface area contributed by atoms with E-state index in [1.807, 2.05) is 0 Å². The van der Waals surface area contributed by atoms with Crippen molar-refractivity contribution in [1.82, 2.24) is 0 Å². The highest BCUT2D eigenvalue weighted by Crippen LogP contribution is 2.34. The summed E-state index contributed by atoms with van der Waals surface area (Å²) >= 11 is 2.99. The van der Waals surface area contributed by atoms with E-state index < -0.39 is 17.2 Å². The predicted molar refractivity (Wildman–Crippen MR) is 61.9 cm³/mol. The van der Waals surface area contributed by atoms with Crippen molar-refractivity contribution in [2.45, 2.75) is 0 Å². The highest BCUT2D eigenvalue weighted by atomic mass is 79.9. The second kappa shape index (κ2) is 4.70. The molecule has 0 amide bonds. The smallest absolute Gasteiger partial charge is 0.185 e. The quantitative estimate of drug-likeness (QED) is 0.795. The van der Waals surface area contributed by atoms with E-state index >= 15 is 0 Å². The zero-order valence-corrected chi connectivity index (χ0v) is 10.3. The predicted octanol–water partition coefficient (Wildman–Crippen LogP) is 3.67. The van der Waals surface area contributed by atoms with Crippen LogP contribution in [0.1, 0.15) is 16.1 Å². The van der Waals surface area contributed by atoms with E-state index in [9.17, 15) is 13.6 Å². The molecule has 0 bridgehead atoms. The number of furan rings is 1. The van der Waals surface area contributed by atoms with Gasteiger partial charge in [-0.1, -0.05) is 0 Å². The Morgan fingerprint density at radius 1 is 1.39 bits per heavy atom. The van der Waals surface area contributed by atoms with Crippen molar-refractivity contribution in [2.24, 2.45) is 0 Å². The number of benzene rings is 1. The fourth-order valence-corrected chi connectivity index (χ4v) is 2.04. The molecule has 2 rings (SSSR count). The number of rotatable bonds is 2. The Morgan fingerprint density at radius 3 is 2.67 bits per heavy atom. The molecule has 0 aliphatic heterocycles.